The van der Waals surface area contributed by atoms with E-state index in [0.29, 0.717) is 0 Å². The summed E-state index contributed by atoms with van der Waals surface area (Å²) in [7, 11) is -7.44. The van der Waals surface area contributed by atoms with Crippen molar-refractivity contribution in [3.8, 4) is 0 Å². The van der Waals surface area contributed by atoms with Crippen LogP contribution in [0.2, 0.25) is 0 Å². The highest BCUT2D eigenvalue weighted by atomic mass is 35.5. The minimum atomic E-state index is -4.35. The maximum absolute atomic E-state index is 13.0. The molecular weight excluding hydrogens is 515 g/mol. The number of rotatable bonds is 8. The zero-order valence-corrected chi connectivity index (χ0v) is 21.2. The second-order valence-electron chi connectivity index (χ2n) is 7.53. The van der Waals surface area contributed by atoms with E-state index in [9.17, 15) is 16.8 Å². The fourth-order valence-electron chi connectivity index (χ4n) is 3.21. The summed E-state index contributed by atoms with van der Waals surface area (Å²) in [6.07, 6.45) is -5.23. The van der Waals surface area contributed by atoms with E-state index in [0.717, 1.165) is 11.1 Å². The summed E-state index contributed by atoms with van der Waals surface area (Å²) in [5.41, 5.74) is 1.70. The highest BCUT2D eigenvalue weighted by Gasteiger charge is 2.51. The number of hydrogen-bond donors (Lipinski definition) is 0. The molecule has 182 valence electrons. The van der Waals surface area contributed by atoms with Crippen molar-refractivity contribution < 1.29 is 34.7 Å². The predicted molar refractivity (Wildman–Crippen MR) is 123 cm³/mol. The fraction of sp³-hybridized carbons (Fsp3) is 0.429. The second kappa shape index (κ2) is 10.6. The van der Waals surface area contributed by atoms with E-state index in [-0.39, 0.29) is 15.7 Å². The minimum Gasteiger partial charge on any atom is -0.353 e. The van der Waals surface area contributed by atoms with Gasteiger partial charge in [0.1, 0.15) is 6.10 Å². The van der Waals surface area contributed by atoms with E-state index in [1.807, 2.05) is 0 Å². The topological polar surface area (TPSA) is 105 Å². The van der Waals surface area contributed by atoms with E-state index in [2.05, 4.69) is 0 Å². The van der Waals surface area contributed by atoms with E-state index < -0.39 is 50.2 Å². The van der Waals surface area contributed by atoms with E-state index >= 15 is 0 Å². The Morgan fingerprint density at radius 2 is 1.24 bits per heavy atom. The van der Waals surface area contributed by atoms with Crippen LogP contribution in [0.4, 0.5) is 0 Å². The number of benzene rings is 2. The van der Waals surface area contributed by atoms with Gasteiger partial charge in [0.15, 0.2) is 12.4 Å². The Labute approximate surface area is 203 Å². The van der Waals surface area contributed by atoms with Crippen molar-refractivity contribution in [3.63, 3.8) is 0 Å². The summed E-state index contributed by atoms with van der Waals surface area (Å²) in [5.74, 6) is -0.115. The normalized spacial score (nSPS) is 26.3. The molecule has 0 saturated carbocycles. The molecule has 1 aliphatic rings. The first-order chi connectivity index (χ1) is 15.5. The second-order valence-corrected chi connectivity index (χ2v) is 11.5. The molecule has 2 aromatic carbocycles. The Hall–Kier alpha value is -1.24. The van der Waals surface area contributed by atoms with Gasteiger partial charge < -0.3 is 9.47 Å². The zero-order chi connectivity index (χ0) is 24.4. The maximum Gasteiger partial charge on any atom is 0.297 e. The van der Waals surface area contributed by atoms with Gasteiger partial charge in [-0.25, -0.2) is 0 Å². The lowest BCUT2D eigenvalue weighted by atomic mass is 10.0. The molecule has 8 nitrogen and oxygen atoms in total. The van der Waals surface area contributed by atoms with Crippen molar-refractivity contribution in [1.29, 1.82) is 0 Å². The molecule has 12 heteroatoms. The van der Waals surface area contributed by atoms with Crippen molar-refractivity contribution in [2.45, 2.75) is 53.6 Å². The Morgan fingerprint density at radius 3 is 1.64 bits per heavy atom. The van der Waals surface area contributed by atoms with Crippen LogP contribution >= 0.6 is 23.2 Å². The SMILES string of the molecule is CO[C@@H]1O[C@H](CCl)[C@H](Cl)[C@H](OS(=O)(=O)c2ccc(C)cc2)[C@H]1OS(=O)(=O)c1ccc(C)cc1. The summed E-state index contributed by atoms with van der Waals surface area (Å²) in [6, 6.07) is 11.9. The Balaban J connectivity index is 1.98. The molecule has 0 aromatic heterocycles. The third-order valence-corrected chi connectivity index (χ3v) is 8.53. The van der Waals surface area contributed by atoms with Gasteiger partial charge in [-0.1, -0.05) is 35.4 Å². The number of ether oxygens (including phenoxy) is 2. The summed E-state index contributed by atoms with van der Waals surface area (Å²) < 4.78 is 73.5. The highest BCUT2D eigenvalue weighted by Crippen LogP contribution is 2.34. The fourth-order valence-corrected chi connectivity index (χ4v) is 6.14. The summed E-state index contributed by atoms with van der Waals surface area (Å²) in [6.45, 7) is 3.61. The smallest absolute Gasteiger partial charge is 0.297 e. The van der Waals surface area contributed by atoms with E-state index in [1.165, 1.54) is 31.4 Å². The van der Waals surface area contributed by atoms with Gasteiger partial charge in [-0.2, -0.15) is 16.8 Å². The van der Waals surface area contributed by atoms with E-state index in [1.54, 1.807) is 38.1 Å². The van der Waals surface area contributed by atoms with Crippen LogP contribution in [0.25, 0.3) is 0 Å². The van der Waals surface area contributed by atoms with Gasteiger partial charge in [0.05, 0.1) is 27.2 Å². The molecular formula is C21H24Cl2O8S2. The molecule has 1 aliphatic heterocycles. The number of halogens is 2. The molecule has 1 fully saturated rings. The summed E-state index contributed by atoms with van der Waals surface area (Å²) >= 11 is 12.4. The summed E-state index contributed by atoms with van der Waals surface area (Å²) in [4.78, 5) is -0.256. The molecule has 0 radical (unpaired) electrons. The van der Waals surface area contributed by atoms with Crippen LogP contribution in [0.3, 0.4) is 0 Å². The maximum atomic E-state index is 13.0. The average molecular weight is 539 g/mol. The first-order valence-corrected chi connectivity index (χ1v) is 13.7. The van der Waals surface area contributed by atoms with Gasteiger partial charge in [-0.05, 0) is 38.1 Å². The van der Waals surface area contributed by atoms with E-state index in [4.69, 9.17) is 41.0 Å². The van der Waals surface area contributed by atoms with Crippen LogP contribution in [-0.2, 0) is 38.1 Å². The van der Waals surface area contributed by atoms with Crippen LogP contribution in [0, 0.1) is 13.8 Å². The number of hydrogen-bond acceptors (Lipinski definition) is 8. The van der Waals surface area contributed by atoms with Crippen LogP contribution in [-0.4, -0.2) is 59.8 Å². The molecule has 5 atom stereocenters. The van der Waals surface area contributed by atoms with Crippen LogP contribution in [0.15, 0.2) is 58.3 Å². The molecule has 0 bridgehead atoms. The Morgan fingerprint density at radius 1 is 0.818 bits per heavy atom. The predicted octanol–water partition coefficient (Wildman–Crippen LogP) is 3.37. The van der Waals surface area contributed by atoms with Crippen molar-refractivity contribution in [2.75, 3.05) is 13.0 Å². The van der Waals surface area contributed by atoms with Gasteiger partial charge in [-0.15, -0.1) is 23.2 Å². The first kappa shape index (κ1) is 26.4. The highest BCUT2D eigenvalue weighted by molar-refractivity contribution is 7.87. The first-order valence-electron chi connectivity index (χ1n) is 9.86. The van der Waals surface area contributed by atoms with Crippen LogP contribution in [0.5, 0.6) is 0 Å². The minimum absolute atomic E-state index is 0.115. The van der Waals surface area contributed by atoms with Crippen LogP contribution < -0.4 is 0 Å². The molecule has 3 rings (SSSR count). The number of methoxy groups -OCH3 is 1. The number of alkyl halides is 2. The molecule has 0 N–H and O–H groups in total. The largest absolute Gasteiger partial charge is 0.353 e. The summed E-state index contributed by atoms with van der Waals surface area (Å²) in [5, 5.41) is -1.16. The molecule has 1 saturated heterocycles. The standard InChI is InChI=1S/C21H24Cl2O8S2/c1-13-4-8-15(9-5-13)32(24,25)30-19-18(23)17(12-22)29-21(28-3)20(19)31-33(26,27)16-10-6-14(2)7-11-16/h4-11,17-21H,12H2,1-3H3/t17-,18+,19+,20-,21-/m1/s1. The lowest BCUT2D eigenvalue weighted by Crippen LogP contribution is -2.59. The van der Waals surface area contributed by atoms with Crippen molar-refractivity contribution >= 4 is 43.4 Å². The molecule has 0 aliphatic carbocycles. The molecule has 0 amide bonds. The third kappa shape index (κ3) is 6.07. The molecule has 0 spiro atoms. The van der Waals surface area contributed by atoms with Crippen LogP contribution in [0.1, 0.15) is 11.1 Å². The zero-order valence-electron chi connectivity index (χ0n) is 18.1. The average Bonchev–Trinajstić information content (AvgIpc) is 2.77. The van der Waals surface area contributed by atoms with Gasteiger partial charge in [-0.3, -0.25) is 8.37 Å². The molecule has 0 unspecified atom stereocenters. The lowest BCUT2D eigenvalue weighted by Gasteiger charge is -2.42. The van der Waals surface area contributed by atoms with Crippen molar-refractivity contribution in [1.82, 2.24) is 0 Å². The monoisotopic (exact) mass is 538 g/mol. The van der Waals surface area contributed by atoms with Crippen molar-refractivity contribution in [2.24, 2.45) is 0 Å². The van der Waals surface area contributed by atoms with Gasteiger partial charge in [0.2, 0.25) is 0 Å². The quantitative estimate of drug-likeness (QED) is 0.372. The lowest BCUT2D eigenvalue weighted by molar-refractivity contribution is -0.239. The molecule has 1 heterocycles. The van der Waals surface area contributed by atoms with Gasteiger partial charge >= 0.3 is 0 Å². The van der Waals surface area contributed by atoms with Gasteiger partial charge in [0, 0.05) is 7.11 Å². The Kier molecular flexibility index (Phi) is 8.45. The Bertz CT molecular complexity index is 1150. The molecule has 33 heavy (non-hydrogen) atoms. The third-order valence-electron chi connectivity index (χ3n) is 5.05. The van der Waals surface area contributed by atoms with Gasteiger partial charge in [0.25, 0.3) is 20.2 Å². The molecule has 2 aromatic rings. The van der Waals surface area contributed by atoms with Crippen molar-refractivity contribution in [3.05, 3.63) is 59.7 Å². The number of aryl methyl sites for hydroxylation is 2.